The number of fused-ring (bicyclic) bond motifs is 3. The van der Waals surface area contributed by atoms with Crippen molar-refractivity contribution in [3.8, 4) is 11.3 Å². The molecule has 2 nitrogen and oxygen atoms in total. The molecule has 1 aromatic heterocycles. The molecule has 0 radical (unpaired) electrons. The van der Waals surface area contributed by atoms with Crippen LogP contribution in [0.1, 0.15) is 16.8 Å². The Balaban J connectivity index is 2.20. The van der Waals surface area contributed by atoms with Crippen LogP contribution in [0.25, 0.3) is 11.3 Å². The highest BCUT2D eigenvalue weighted by molar-refractivity contribution is 9.10. The summed E-state index contributed by atoms with van der Waals surface area (Å²) >= 11 is 9.26. The van der Waals surface area contributed by atoms with Gasteiger partial charge >= 0.3 is 0 Å². The average Bonchev–Trinajstić information content (AvgIpc) is 2.74. The fourth-order valence-corrected chi connectivity index (χ4v) is 2.58. The highest BCUT2D eigenvalue weighted by Gasteiger charge is 2.26. The van der Waals surface area contributed by atoms with Crippen molar-refractivity contribution in [1.82, 2.24) is 5.16 Å². The van der Waals surface area contributed by atoms with E-state index in [9.17, 15) is 0 Å². The number of alkyl halides is 1. The van der Waals surface area contributed by atoms with Crippen LogP contribution in [0.2, 0.25) is 0 Å². The highest BCUT2D eigenvalue weighted by atomic mass is 79.9. The molecule has 15 heavy (non-hydrogen) atoms. The minimum Gasteiger partial charge on any atom is -0.356 e. The van der Waals surface area contributed by atoms with Gasteiger partial charge < -0.3 is 4.52 Å². The van der Waals surface area contributed by atoms with Crippen molar-refractivity contribution in [2.75, 3.05) is 0 Å². The molecular weight excluding hydrogens is 277 g/mol. The normalized spacial score (nSPS) is 12.7. The third-order valence-corrected chi connectivity index (χ3v) is 3.42. The molecule has 0 saturated heterocycles. The molecule has 0 unspecified atom stereocenters. The molecule has 3 rings (SSSR count). The Morgan fingerprint density at radius 3 is 3.13 bits per heavy atom. The molecule has 0 saturated carbocycles. The molecule has 2 aromatic rings. The van der Waals surface area contributed by atoms with Gasteiger partial charge in [-0.2, -0.15) is 0 Å². The van der Waals surface area contributed by atoms with Crippen LogP contribution in [0.5, 0.6) is 0 Å². The summed E-state index contributed by atoms with van der Waals surface area (Å²) in [5.74, 6) is 1.29. The van der Waals surface area contributed by atoms with Crippen LogP contribution in [0.4, 0.5) is 0 Å². The summed E-state index contributed by atoms with van der Waals surface area (Å²) in [7, 11) is 0. The zero-order valence-electron chi connectivity index (χ0n) is 7.76. The first-order chi connectivity index (χ1) is 7.29. The van der Waals surface area contributed by atoms with Crippen LogP contribution >= 0.6 is 27.5 Å². The first-order valence-electron chi connectivity index (χ1n) is 4.62. The number of benzene rings is 1. The van der Waals surface area contributed by atoms with Crippen molar-refractivity contribution in [2.24, 2.45) is 0 Å². The first-order valence-corrected chi connectivity index (χ1v) is 5.94. The molecule has 0 N–H and O–H groups in total. The zero-order valence-corrected chi connectivity index (χ0v) is 10.1. The SMILES string of the molecule is ClCc1noc2c1Cc1cc(Br)ccc1-2. The molecule has 0 fully saturated rings. The van der Waals surface area contributed by atoms with Crippen molar-refractivity contribution < 1.29 is 4.52 Å². The van der Waals surface area contributed by atoms with Crippen LogP contribution in [-0.2, 0) is 12.3 Å². The lowest BCUT2D eigenvalue weighted by molar-refractivity contribution is 0.426. The predicted molar refractivity (Wildman–Crippen MR) is 62.0 cm³/mol. The highest BCUT2D eigenvalue weighted by Crippen LogP contribution is 2.39. The third-order valence-electron chi connectivity index (χ3n) is 2.68. The first kappa shape index (κ1) is 9.43. The van der Waals surface area contributed by atoms with E-state index >= 15 is 0 Å². The molecule has 0 aliphatic heterocycles. The largest absolute Gasteiger partial charge is 0.356 e. The van der Waals surface area contributed by atoms with Gasteiger partial charge in [-0.15, -0.1) is 11.6 Å². The maximum absolute atomic E-state index is 5.79. The van der Waals surface area contributed by atoms with Gasteiger partial charge in [-0.1, -0.05) is 21.1 Å². The van der Waals surface area contributed by atoms with Crippen molar-refractivity contribution in [1.29, 1.82) is 0 Å². The van der Waals surface area contributed by atoms with E-state index in [1.165, 1.54) is 5.56 Å². The van der Waals surface area contributed by atoms with Gasteiger partial charge in [-0.3, -0.25) is 0 Å². The van der Waals surface area contributed by atoms with Gasteiger partial charge in [0.05, 0.1) is 5.88 Å². The van der Waals surface area contributed by atoms with Gasteiger partial charge in [-0.05, 0) is 23.8 Å². The Labute approximate surface area is 100 Å². The molecule has 1 aromatic carbocycles. The number of hydrogen-bond acceptors (Lipinski definition) is 2. The van der Waals surface area contributed by atoms with E-state index < -0.39 is 0 Å². The monoisotopic (exact) mass is 283 g/mol. The summed E-state index contributed by atoms with van der Waals surface area (Å²) in [5.41, 5.74) is 4.40. The van der Waals surface area contributed by atoms with E-state index in [2.05, 4.69) is 33.2 Å². The number of nitrogens with zero attached hydrogens (tertiary/aromatic N) is 1. The lowest BCUT2D eigenvalue weighted by atomic mass is 10.1. The Hall–Kier alpha value is -0.800. The Kier molecular flexibility index (Phi) is 2.11. The van der Waals surface area contributed by atoms with Gasteiger partial charge in [0, 0.05) is 22.0 Å². The van der Waals surface area contributed by atoms with E-state index in [1.54, 1.807) is 0 Å². The standard InChI is InChI=1S/C11H7BrClNO/c12-7-1-2-8-6(3-7)4-9-10(5-13)14-15-11(8)9/h1-3H,4-5H2. The number of rotatable bonds is 1. The molecular formula is C11H7BrClNO. The summed E-state index contributed by atoms with van der Waals surface area (Å²) in [6.45, 7) is 0. The minimum absolute atomic E-state index is 0.411. The molecule has 0 spiro atoms. The molecule has 76 valence electrons. The third kappa shape index (κ3) is 1.34. The van der Waals surface area contributed by atoms with Crippen LogP contribution < -0.4 is 0 Å². The van der Waals surface area contributed by atoms with E-state index in [1.807, 2.05) is 6.07 Å². The molecule has 1 aliphatic rings. The zero-order chi connectivity index (χ0) is 10.4. The Bertz CT molecular complexity index is 535. The van der Waals surface area contributed by atoms with Gasteiger partial charge in [0.2, 0.25) is 0 Å². The van der Waals surface area contributed by atoms with E-state index in [0.29, 0.717) is 5.88 Å². The van der Waals surface area contributed by atoms with Crippen LogP contribution in [0, 0.1) is 0 Å². The van der Waals surface area contributed by atoms with Crippen molar-refractivity contribution >= 4 is 27.5 Å². The maximum Gasteiger partial charge on any atom is 0.170 e. The fraction of sp³-hybridized carbons (Fsp3) is 0.182. The second-order valence-corrected chi connectivity index (χ2v) is 4.73. The molecule has 1 aliphatic carbocycles. The summed E-state index contributed by atoms with van der Waals surface area (Å²) in [6.07, 6.45) is 0.871. The summed E-state index contributed by atoms with van der Waals surface area (Å²) in [6, 6.07) is 6.17. The Morgan fingerprint density at radius 1 is 1.47 bits per heavy atom. The van der Waals surface area contributed by atoms with Crippen LogP contribution in [-0.4, -0.2) is 5.16 Å². The van der Waals surface area contributed by atoms with Gasteiger partial charge in [0.1, 0.15) is 5.69 Å². The molecule has 0 amide bonds. The predicted octanol–water partition coefficient (Wildman–Crippen LogP) is 3.75. The second kappa shape index (κ2) is 3.35. The smallest absolute Gasteiger partial charge is 0.170 e. The lowest BCUT2D eigenvalue weighted by Crippen LogP contribution is -1.86. The van der Waals surface area contributed by atoms with E-state index in [-0.39, 0.29) is 0 Å². The van der Waals surface area contributed by atoms with Crippen LogP contribution in [0.15, 0.2) is 27.2 Å². The van der Waals surface area contributed by atoms with Gasteiger partial charge in [0.15, 0.2) is 5.76 Å². The number of halogens is 2. The number of aromatic nitrogens is 1. The van der Waals surface area contributed by atoms with Crippen molar-refractivity contribution in [2.45, 2.75) is 12.3 Å². The van der Waals surface area contributed by atoms with Crippen molar-refractivity contribution in [3.05, 3.63) is 39.5 Å². The minimum atomic E-state index is 0.411. The topological polar surface area (TPSA) is 26.0 Å². The van der Waals surface area contributed by atoms with Crippen molar-refractivity contribution in [3.63, 3.8) is 0 Å². The quantitative estimate of drug-likeness (QED) is 0.636. The average molecular weight is 285 g/mol. The van der Waals surface area contributed by atoms with E-state index in [4.69, 9.17) is 16.1 Å². The lowest BCUT2D eigenvalue weighted by Gasteiger charge is -1.98. The van der Waals surface area contributed by atoms with E-state index in [0.717, 1.165) is 33.5 Å². The molecule has 0 bridgehead atoms. The van der Waals surface area contributed by atoms with Crippen LogP contribution in [0.3, 0.4) is 0 Å². The summed E-state index contributed by atoms with van der Waals surface area (Å²) < 4.78 is 6.40. The summed E-state index contributed by atoms with van der Waals surface area (Å²) in [4.78, 5) is 0. The fourth-order valence-electron chi connectivity index (χ4n) is 1.96. The maximum atomic E-state index is 5.79. The van der Waals surface area contributed by atoms with Gasteiger partial charge in [-0.25, -0.2) is 0 Å². The second-order valence-electron chi connectivity index (χ2n) is 3.55. The van der Waals surface area contributed by atoms with Gasteiger partial charge in [0.25, 0.3) is 0 Å². The Morgan fingerprint density at radius 2 is 2.33 bits per heavy atom. The summed E-state index contributed by atoms with van der Waals surface area (Å²) in [5, 5.41) is 3.96. The molecule has 0 atom stereocenters. The molecule has 4 heteroatoms. The molecule has 1 heterocycles. The number of hydrogen-bond donors (Lipinski definition) is 0.